The number of aromatic amines is 1. The van der Waals surface area contributed by atoms with Crippen molar-refractivity contribution in [1.82, 2.24) is 4.98 Å². The number of hydrogen-bond acceptors (Lipinski definition) is 5. The van der Waals surface area contributed by atoms with Crippen LogP contribution >= 0.6 is 0 Å². The lowest BCUT2D eigenvalue weighted by atomic mass is 10.0. The van der Waals surface area contributed by atoms with E-state index in [1.807, 2.05) is 54.6 Å². The van der Waals surface area contributed by atoms with E-state index in [0.717, 1.165) is 16.5 Å². The normalized spacial score (nSPS) is 12.5. The minimum Gasteiger partial charge on any atom is -0.486 e. The number of esters is 1. The molecule has 0 unspecified atom stereocenters. The van der Waals surface area contributed by atoms with Gasteiger partial charge in [0.1, 0.15) is 13.2 Å². The lowest BCUT2D eigenvalue weighted by molar-refractivity contribution is 0.0474. The smallest absolute Gasteiger partial charge is 0.338 e. The Hall–Kier alpha value is -4.06. The van der Waals surface area contributed by atoms with Crippen molar-refractivity contribution in [2.75, 3.05) is 19.8 Å². The highest BCUT2D eigenvalue weighted by atomic mass is 16.6. The van der Waals surface area contributed by atoms with Gasteiger partial charge in [-0.2, -0.15) is 0 Å². The van der Waals surface area contributed by atoms with E-state index in [4.69, 9.17) is 14.2 Å². The first-order valence-corrected chi connectivity index (χ1v) is 9.97. The number of ether oxygens (including phenoxy) is 3. The Balaban J connectivity index is 1.40. The average molecular weight is 413 g/mol. The molecule has 154 valence electrons. The van der Waals surface area contributed by atoms with Gasteiger partial charge in [0, 0.05) is 10.9 Å². The van der Waals surface area contributed by atoms with Crippen molar-refractivity contribution in [3.8, 4) is 22.8 Å². The Morgan fingerprint density at radius 2 is 1.61 bits per heavy atom. The lowest BCUT2D eigenvalue weighted by Crippen LogP contribution is -2.17. The monoisotopic (exact) mass is 413 g/mol. The second-order valence-corrected chi connectivity index (χ2v) is 7.14. The summed E-state index contributed by atoms with van der Waals surface area (Å²) in [6.45, 7) is 0.529. The minimum atomic E-state index is -0.591. The van der Waals surface area contributed by atoms with Crippen molar-refractivity contribution in [1.29, 1.82) is 0 Å². The molecule has 5 rings (SSSR count). The summed E-state index contributed by atoms with van der Waals surface area (Å²) in [6, 6.07) is 22.0. The van der Waals surface area contributed by atoms with Crippen molar-refractivity contribution >= 4 is 22.7 Å². The summed E-state index contributed by atoms with van der Waals surface area (Å²) >= 11 is 0. The van der Waals surface area contributed by atoms with E-state index < -0.39 is 5.97 Å². The van der Waals surface area contributed by atoms with E-state index in [9.17, 15) is 9.59 Å². The quantitative estimate of drug-likeness (QED) is 0.381. The van der Waals surface area contributed by atoms with E-state index in [2.05, 4.69) is 4.98 Å². The van der Waals surface area contributed by atoms with Gasteiger partial charge in [-0.1, -0.05) is 48.5 Å². The molecule has 0 atom stereocenters. The SMILES string of the molecule is O=C(OCC(=O)c1c(-c2ccccc2)[nH]c2ccccc12)c1ccc2c(c1)OCCO2. The highest BCUT2D eigenvalue weighted by Gasteiger charge is 2.22. The lowest BCUT2D eigenvalue weighted by Gasteiger charge is -2.18. The summed E-state index contributed by atoms with van der Waals surface area (Å²) < 4.78 is 16.3. The van der Waals surface area contributed by atoms with Crippen molar-refractivity contribution in [3.63, 3.8) is 0 Å². The molecule has 1 aromatic heterocycles. The molecule has 0 radical (unpaired) electrons. The van der Waals surface area contributed by atoms with Crippen molar-refractivity contribution in [2.45, 2.75) is 0 Å². The van der Waals surface area contributed by atoms with Crippen LogP contribution in [0.1, 0.15) is 20.7 Å². The van der Waals surface area contributed by atoms with Crippen molar-refractivity contribution in [3.05, 3.63) is 83.9 Å². The molecule has 0 fully saturated rings. The molecule has 6 heteroatoms. The molecule has 31 heavy (non-hydrogen) atoms. The van der Waals surface area contributed by atoms with Gasteiger partial charge in [-0.3, -0.25) is 4.79 Å². The zero-order chi connectivity index (χ0) is 21.2. The van der Waals surface area contributed by atoms with E-state index in [0.29, 0.717) is 41.5 Å². The van der Waals surface area contributed by atoms with Gasteiger partial charge in [-0.05, 0) is 29.8 Å². The number of benzene rings is 3. The molecule has 6 nitrogen and oxygen atoms in total. The molecular weight excluding hydrogens is 394 g/mol. The Morgan fingerprint density at radius 1 is 0.871 bits per heavy atom. The summed E-state index contributed by atoms with van der Waals surface area (Å²) in [5.74, 6) is 0.216. The number of Topliss-reactive ketones (excluding diaryl/α,β-unsaturated/α-hetero) is 1. The van der Waals surface area contributed by atoms with Gasteiger partial charge >= 0.3 is 5.97 Å². The Kier molecular flexibility index (Phi) is 4.88. The fourth-order valence-corrected chi connectivity index (χ4v) is 3.71. The first-order valence-electron chi connectivity index (χ1n) is 9.97. The van der Waals surface area contributed by atoms with E-state index in [1.54, 1.807) is 18.2 Å². The zero-order valence-electron chi connectivity index (χ0n) is 16.6. The molecule has 0 amide bonds. The molecule has 4 aromatic rings. The number of hydrogen-bond donors (Lipinski definition) is 1. The molecule has 2 heterocycles. The number of rotatable bonds is 5. The van der Waals surface area contributed by atoms with Gasteiger partial charge < -0.3 is 19.2 Å². The fourth-order valence-electron chi connectivity index (χ4n) is 3.71. The third kappa shape index (κ3) is 3.64. The largest absolute Gasteiger partial charge is 0.486 e. The van der Waals surface area contributed by atoms with Crippen LogP contribution in [0.25, 0.3) is 22.2 Å². The molecule has 0 saturated carbocycles. The van der Waals surface area contributed by atoms with Crippen LogP contribution < -0.4 is 9.47 Å². The van der Waals surface area contributed by atoms with E-state index in [-0.39, 0.29) is 12.4 Å². The van der Waals surface area contributed by atoms with Crippen LogP contribution in [-0.4, -0.2) is 36.6 Å². The molecule has 0 spiro atoms. The third-order valence-corrected chi connectivity index (χ3v) is 5.16. The van der Waals surface area contributed by atoms with Crippen molar-refractivity contribution in [2.24, 2.45) is 0 Å². The molecule has 1 aliphatic rings. The minimum absolute atomic E-state index is 0.276. The van der Waals surface area contributed by atoms with E-state index in [1.165, 1.54) is 0 Å². The van der Waals surface area contributed by atoms with E-state index >= 15 is 0 Å². The zero-order valence-corrected chi connectivity index (χ0v) is 16.6. The van der Waals surface area contributed by atoms with Crippen LogP contribution in [0.2, 0.25) is 0 Å². The second-order valence-electron chi connectivity index (χ2n) is 7.14. The Labute approximate surface area is 178 Å². The van der Waals surface area contributed by atoms with Crippen LogP contribution in [0.3, 0.4) is 0 Å². The molecule has 0 bridgehead atoms. The maximum Gasteiger partial charge on any atom is 0.338 e. The topological polar surface area (TPSA) is 77.6 Å². The summed E-state index contributed by atoms with van der Waals surface area (Å²) in [7, 11) is 0. The van der Waals surface area contributed by atoms with Crippen LogP contribution in [0.15, 0.2) is 72.8 Å². The maximum absolute atomic E-state index is 13.1. The number of ketones is 1. The summed E-state index contributed by atoms with van der Waals surface area (Å²) in [6.07, 6.45) is 0. The van der Waals surface area contributed by atoms with Gasteiger partial charge in [-0.25, -0.2) is 4.79 Å². The second kappa shape index (κ2) is 7.99. The van der Waals surface area contributed by atoms with Gasteiger partial charge in [0.15, 0.2) is 18.1 Å². The number of carbonyl (C=O) groups excluding carboxylic acids is 2. The number of H-pyrrole nitrogens is 1. The van der Waals surface area contributed by atoms with Crippen LogP contribution in [0.4, 0.5) is 0 Å². The summed E-state index contributed by atoms with van der Waals surface area (Å²) in [5.41, 5.74) is 3.27. The predicted molar refractivity (Wildman–Crippen MR) is 116 cm³/mol. The highest BCUT2D eigenvalue weighted by Crippen LogP contribution is 2.32. The fraction of sp³-hybridized carbons (Fsp3) is 0.120. The summed E-state index contributed by atoms with van der Waals surface area (Å²) in [5, 5.41) is 0.793. The Bertz CT molecular complexity index is 1280. The van der Waals surface area contributed by atoms with Crippen LogP contribution in [-0.2, 0) is 4.74 Å². The van der Waals surface area contributed by atoms with Crippen molar-refractivity contribution < 1.29 is 23.8 Å². The molecule has 1 N–H and O–H groups in total. The van der Waals surface area contributed by atoms with Crippen LogP contribution in [0, 0.1) is 0 Å². The van der Waals surface area contributed by atoms with Gasteiger partial charge in [0.05, 0.1) is 16.8 Å². The molecule has 1 aliphatic heterocycles. The third-order valence-electron chi connectivity index (χ3n) is 5.16. The summed E-state index contributed by atoms with van der Waals surface area (Å²) in [4.78, 5) is 29.0. The Morgan fingerprint density at radius 3 is 2.45 bits per heavy atom. The average Bonchev–Trinajstić information content (AvgIpc) is 3.22. The molecule has 3 aromatic carbocycles. The number of para-hydroxylation sites is 1. The maximum atomic E-state index is 13.1. The number of carbonyl (C=O) groups is 2. The first kappa shape index (κ1) is 18.9. The number of aromatic nitrogens is 1. The number of fused-ring (bicyclic) bond motifs is 2. The van der Waals surface area contributed by atoms with Gasteiger partial charge in [-0.15, -0.1) is 0 Å². The number of nitrogens with one attached hydrogen (secondary N) is 1. The van der Waals surface area contributed by atoms with Gasteiger partial charge in [0.25, 0.3) is 0 Å². The first-order chi connectivity index (χ1) is 15.2. The highest BCUT2D eigenvalue weighted by molar-refractivity contribution is 6.14. The molecular formula is C25H19NO5. The van der Waals surface area contributed by atoms with Crippen LogP contribution in [0.5, 0.6) is 11.5 Å². The molecule has 0 saturated heterocycles. The van der Waals surface area contributed by atoms with Gasteiger partial charge in [0.2, 0.25) is 5.78 Å². The predicted octanol–water partition coefficient (Wildman–Crippen LogP) is 4.65. The standard InChI is InChI=1S/C25H19NO5/c27-20(15-31-25(28)17-10-11-21-22(14-17)30-13-12-29-21)23-18-8-4-5-9-19(18)26-24(23)16-6-2-1-3-7-16/h1-11,14,26H,12-13,15H2. The molecule has 0 aliphatic carbocycles.